The Morgan fingerprint density at radius 1 is 0.879 bits per heavy atom. The van der Waals surface area contributed by atoms with E-state index in [1.54, 1.807) is 17.0 Å². The number of benzene rings is 3. The molecule has 0 unspecified atom stereocenters. The molecule has 33 heavy (non-hydrogen) atoms. The van der Waals surface area contributed by atoms with Crippen molar-refractivity contribution in [1.29, 1.82) is 0 Å². The highest BCUT2D eigenvalue weighted by atomic mass is 35.5. The van der Waals surface area contributed by atoms with Gasteiger partial charge in [0.1, 0.15) is 0 Å². The van der Waals surface area contributed by atoms with Gasteiger partial charge < -0.3 is 4.90 Å². The molecule has 0 aromatic heterocycles. The van der Waals surface area contributed by atoms with Crippen LogP contribution in [0, 0.1) is 0 Å². The van der Waals surface area contributed by atoms with Gasteiger partial charge in [-0.25, -0.2) is 0 Å². The molecule has 0 aliphatic carbocycles. The van der Waals surface area contributed by atoms with Crippen LogP contribution in [-0.2, 0) is 16.8 Å². The summed E-state index contributed by atoms with van der Waals surface area (Å²) < 4.78 is 0. The van der Waals surface area contributed by atoms with E-state index in [9.17, 15) is 9.59 Å². The molecule has 1 heterocycles. The average molecular weight is 458 g/mol. The second-order valence-electron chi connectivity index (χ2n) is 9.43. The number of nitrogens with zero attached hydrogens (tertiary/aromatic N) is 1. The highest BCUT2D eigenvalue weighted by Gasteiger charge is 2.32. The smallest absolute Gasteiger partial charge is 0.227 e. The van der Waals surface area contributed by atoms with Crippen molar-refractivity contribution in [2.24, 2.45) is 0 Å². The second-order valence-corrected chi connectivity index (χ2v) is 9.84. The van der Waals surface area contributed by atoms with Gasteiger partial charge in [0, 0.05) is 17.6 Å². The van der Waals surface area contributed by atoms with Gasteiger partial charge in [-0.3, -0.25) is 9.59 Å². The third kappa shape index (κ3) is 4.94. The average Bonchev–Trinajstić information content (AvgIpc) is 2.80. The molecular weight excluding hydrogens is 430 g/mol. The highest BCUT2D eigenvalue weighted by Crippen LogP contribution is 2.36. The Balaban J connectivity index is 1.86. The summed E-state index contributed by atoms with van der Waals surface area (Å²) in [6, 6.07) is 25.2. The summed E-state index contributed by atoms with van der Waals surface area (Å²) in [5.41, 5.74) is 4.86. The third-order valence-electron chi connectivity index (χ3n) is 6.05. The Morgan fingerprint density at radius 2 is 1.52 bits per heavy atom. The molecule has 0 atom stereocenters. The summed E-state index contributed by atoms with van der Waals surface area (Å²) in [7, 11) is 0. The fourth-order valence-corrected chi connectivity index (χ4v) is 4.41. The monoisotopic (exact) mass is 457 g/mol. The molecule has 0 saturated carbocycles. The normalized spacial score (nSPS) is 14.5. The standard InChI is InChI=1S/C29H28ClNO2/c1-29(2,3)22-15-13-21(14-16-22)27-24(28(33)23-11-7-8-12-25(23)30)17-18-26(32)31(27)19-20-9-5-4-6-10-20/h4-16H,17-19H2,1-3H3. The fraction of sp³-hybridized carbons (Fsp3) is 0.241. The van der Waals surface area contributed by atoms with Crippen molar-refractivity contribution in [2.75, 3.05) is 0 Å². The quantitative estimate of drug-likeness (QED) is 0.385. The molecule has 3 aromatic rings. The molecule has 168 valence electrons. The molecular formula is C29H28ClNO2. The van der Waals surface area contributed by atoms with Crippen molar-refractivity contribution in [3.63, 3.8) is 0 Å². The minimum Gasteiger partial charge on any atom is -0.307 e. The third-order valence-corrected chi connectivity index (χ3v) is 6.38. The molecule has 0 bridgehead atoms. The Bertz CT molecular complexity index is 1200. The molecule has 0 fully saturated rings. The summed E-state index contributed by atoms with van der Waals surface area (Å²) in [5, 5.41) is 0.420. The molecule has 0 spiro atoms. The summed E-state index contributed by atoms with van der Waals surface area (Å²) in [5.74, 6) is -0.106. The van der Waals surface area contributed by atoms with E-state index in [2.05, 4.69) is 32.9 Å². The van der Waals surface area contributed by atoms with E-state index in [1.807, 2.05) is 54.6 Å². The number of ketones is 1. The van der Waals surface area contributed by atoms with Gasteiger partial charge in [0.25, 0.3) is 0 Å². The van der Waals surface area contributed by atoms with Crippen molar-refractivity contribution in [1.82, 2.24) is 4.90 Å². The van der Waals surface area contributed by atoms with Gasteiger partial charge in [-0.2, -0.15) is 0 Å². The SMILES string of the molecule is CC(C)(C)c1ccc(C2=C(C(=O)c3ccccc3Cl)CCC(=O)N2Cc2ccccc2)cc1. The maximum atomic E-state index is 13.7. The molecule has 0 radical (unpaired) electrons. The number of hydrogen-bond donors (Lipinski definition) is 0. The van der Waals surface area contributed by atoms with Gasteiger partial charge in [0.15, 0.2) is 5.78 Å². The van der Waals surface area contributed by atoms with Crippen LogP contribution in [0.5, 0.6) is 0 Å². The summed E-state index contributed by atoms with van der Waals surface area (Å²) in [6.07, 6.45) is 0.687. The molecule has 1 amide bonds. The molecule has 0 N–H and O–H groups in total. The van der Waals surface area contributed by atoms with E-state index in [-0.39, 0.29) is 17.1 Å². The van der Waals surface area contributed by atoms with Gasteiger partial charge in [0.2, 0.25) is 5.91 Å². The van der Waals surface area contributed by atoms with Crippen molar-refractivity contribution >= 4 is 29.0 Å². The van der Waals surface area contributed by atoms with Gasteiger partial charge in [-0.1, -0.05) is 99.1 Å². The van der Waals surface area contributed by atoms with E-state index >= 15 is 0 Å². The Morgan fingerprint density at radius 3 is 2.15 bits per heavy atom. The lowest BCUT2D eigenvalue weighted by molar-refractivity contribution is -0.128. The van der Waals surface area contributed by atoms with Crippen LogP contribution in [0.1, 0.15) is 60.7 Å². The first-order valence-electron chi connectivity index (χ1n) is 11.2. The number of allylic oxidation sites excluding steroid dienone is 1. The largest absolute Gasteiger partial charge is 0.307 e. The Kier molecular flexibility index (Phi) is 6.53. The van der Waals surface area contributed by atoms with E-state index in [1.165, 1.54) is 5.56 Å². The lowest BCUT2D eigenvalue weighted by Gasteiger charge is -2.33. The zero-order chi connectivity index (χ0) is 23.6. The number of carbonyl (C=O) groups excluding carboxylic acids is 2. The van der Waals surface area contributed by atoms with Crippen molar-refractivity contribution in [3.05, 3.63) is 112 Å². The van der Waals surface area contributed by atoms with Crippen LogP contribution >= 0.6 is 11.6 Å². The van der Waals surface area contributed by atoms with Crippen LogP contribution in [-0.4, -0.2) is 16.6 Å². The van der Waals surface area contributed by atoms with E-state index in [0.717, 1.165) is 11.1 Å². The predicted octanol–water partition coefficient (Wildman–Crippen LogP) is 7.05. The van der Waals surface area contributed by atoms with E-state index < -0.39 is 0 Å². The maximum absolute atomic E-state index is 13.7. The minimum atomic E-state index is -0.124. The lowest BCUT2D eigenvalue weighted by Crippen LogP contribution is -2.34. The molecule has 3 nitrogen and oxygen atoms in total. The van der Waals surface area contributed by atoms with Gasteiger partial charge in [0.05, 0.1) is 17.3 Å². The zero-order valence-corrected chi connectivity index (χ0v) is 20.0. The zero-order valence-electron chi connectivity index (χ0n) is 19.3. The van der Waals surface area contributed by atoms with E-state index in [4.69, 9.17) is 11.6 Å². The first-order chi connectivity index (χ1) is 15.8. The van der Waals surface area contributed by atoms with Crippen LogP contribution in [0.15, 0.2) is 84.4 Å². The van der Waals surface area contributed by atoms with Crippen molar-refractivity contribution in [2.45, 2.75) is 45.6 Å². The number of rotatable bonds is 5. The number of Topliss-reactive ketones (excluding diaryl/α,β-unsaturated/α-hetero) is 1. The van der Waals surface area contributed by atoms with Crippen LogP contribution in [0.4, 0.5) is 0 Å². The lowest BCUT2D eigenvalue weighted by atomic mass is 9.85. The predicted molar refractivity (Wildman–Crippen MR) is 134 cm³/mol. The number of amides is 1. The Hall–Kier alpha value is -3.17. The number of carbonyl (C=O) groups is 2. The molecule has 4 heteroatoms. The van der Waals surface area contributed by atoms with Gasteiger partial charge in [-0.05, 0) is 40.7 Å². The summed E-state index contributed by atoms with van der Waals surface area (Å²) >= 11 is 6.37. The van der Waals surface area contributed by atoms with Crippen molar-refractivity contribution < 1.29 is 9.59 Å². The molecule has 0 saturated heterocycles. The van der Waals surface area contributed by atoms with Crippen LogP contribution in [0.25, 0.3) is 5.70 Å². The van der Waals surface area contributed by atoms with Crippen LogP contribution in [0.3, 0.4) is 0 Å². The van der Waals surface area contributed by atoms with E-state index in [0.29, 0.717) is 41.2 Å². The maximum Gasteiger partial charge on any atom is 0.227 e. The van der Waals surface area contributed by atoms with Crippen LogP contribution in [0.2, 0.25) is 5.02 Å². The summed E-state index contributed by atoms with van der Waals surface area (Å²) in [6.45, 7) is 6.91. The topological polar surface area (TPSA) is 37.4 Å². The minimum absolute atomic E-state index is 0.00916. The number of halogens is 1. The number of hydrogen-bond acceptors (Lipinski definition) is 2. The molecule has 4 rings (SSSR count). The second kappa shape index (κ2) is 9.36. The molecule has 3 aromatic carbocycles. The molecule has 1 aliphatic rings. The van der Waals surface area contributed by atoms with Gasteiger partial charge >= 0.3 is 0 Å². The first-order valence-corrected chi connectivity index (χ1v) is 11.6. The fourth-order valence-electron chi connectivity index (χ4n) is 4.19. The van der Waals surface area contributed by atoms with Crippen LogP contribution < -0.4 is 0 Å². The first kappa shape index (κ1) is 23.0. The Labute approximate surface area is 200 Å². The van der Waals surface area contributed by atoms with Gasteiger partial charge in [-0.15, -0.1) is 0 Å². The molecule has 1 aliphatic heterocycles. The summed E-state index contributed by atoms with van der Waals surface area (Å²) in [4.78, 5) is 28.5. The highest BCUT2D eigenvalue weighted by molar-refractivity contribution is 6.35. The van der Waals surface area contributed by atoms with Crippen molar-refractivity contribution in [3.8, 4) is 0 Å².